The summed E-state index contributed by atoms with van der Waals surface area (Å²) < 4.78 is 0. The summed E-state index contributed by atoms with van der Waals surface area (Å²) in [5.74, 6) is 0.696. The fourth-order valence-corrected chi connectivity index (χ4v) is 11.5. The van der Waals surface area contributed by atoms with E-state index in [9.17, 15) is 0 Å². The van der Waals surface area contributed by atoms with E-state index in [1.165, 1.54) is 77.4 Å². The van der Waals surface area contributed by atoms with Crippen LogP contribution in [0, 0.1) is 0 Å². The van der Waals surface area contributed by atoms with E-state index in [-0.39, 0.29) is 0 Å². The molecule has 3 heteroatoms. The fraction of sp³-hybridized carbons (Fsp3) is 0.0149. The maximum Gasteiger partial charge on any atom is 0.160 e. The topological polar surface area (TPSA) is 29.0 Å². The molecule has 1 aliphatic heterocycles. The Labute approximate surface area is 407 Å². The number of rotatable bonds is 6. The van der Waals surface area contributed by atoms with E-state index in [0.717, 1.165) is 44.9 Å². The van der Waals surface area contributed by atoms with Crippen LogP contribution < -0.4 is 4.90 Å². The Morgan fingerprint density at radius 1 is 0.286 bits per heavy atom. The second kappa shape index (κ2) is 16.0. The molecular formula is C67H43N3. The normalized spacial score (nSPS) is 12.9. The molecule has 1 aliphatic carbocycles. The summed E-state index contributed by atoms with van der Waals surface area (Å²) in [6, 6.07) is 95.0. The number of fused-ring (bicyclic) bond motifs is 13. The molecule has 0 bridgehead atoms. The smallest absolute Gasteiger partial charge is 0.160 e. The van der Waals surface area contributed by atoms with E-state index >= 15 is 0 Å². The third-order valence-corrected chi connectivity index (χ3v) is 14.7. The molecule has 1 spiro atoms. The Morgan fingerprint density at radius 2 is 0.771 bits per heavy atom. The molecule has 0 amide bonds. The molecule has 14 rings (SSSR count). The standard InChI is InChI=1S/C67H43N3/c1-4-17-44(18-5-1)45-31-33-48(34-32-45)62-43-63(69-66(68-62)49-21-6-2-7-22-49)52-24-16-23-50(41-52)51-35-38-57-56-29-14-15-30-58(56)67(61(57)42-51)59-39-36-46-19-10-12-27-54(46)64(59)70(53-25-8-3-9-26-53)65-55-28-13-11-20-47(55)37-40-60(65)67/h1-43H. The minimum atomic E-state index is -0.633. The summed E-state index contributed by atoms with van der Waals surface area (Å²) in [6.45, 7) is 0. The van der Waals surface area contributed by atoms with Crippen LogP contribution in [0.4, 0.5) is 17.1 Å². The first kappa shape index (κ1) is 39.9. The van der Waals surface area contributed by atoms with Crippen LogP contribution in [-0.4, -0.2) is 9.97 Å². The molecule has 2 aliphatic rings. The average Bonchev–Trinajstić information content (AvgIpc) is 3.73. The molecule has 0 saturated carbocycles. The number of nitrogens with zero attached hydrogens (tertiary/aromatic N) is 3. The molecule has 70 heavy (non-hydrogen) atoms. The lowest BCUT2D eigenvalue weighted by molar-refractivity contribution is 0.757. The summed E-state index contributed by atoms with van der Waals surface area (Å²) >= 11 is 0. The van der Waals surface area contributed by atoms with Gasteiger partial charge in [-0.3, -0.25) is 0 Å². The van der Waals surface area contributed by atoms with Gasteiger partial charge < -0.3 is 4.90 Å². The molecule has 11 aromatic carbocycles. The zero-order valence-corrected chi connectivity index (χ0v) is 38.2. The highest BCUT2D eigenvalue weighted by Crippen LogP contribution is 2.65. The third kappa shape index (κ3) is 6.15. The van der Waals surface area contributed by atoms with Gasteiger partial charge >= 0.3 is 0 Å². The van der Waals surface area contributed by atoms with E-state index in [4.69, 9.17) is 9.97 Å². The fourth-order valence-electron chi connectivity index (χ4n) is 11.5. The van der Waals surface area contributed by atoms with Crippen LogP contribution >= 0.6 is 0 Å². The van der Waals surface area contributed by atoms with Crippen molar-refractivity contribution in [3.8, 4) is 67.3 Å². The summed E-state index contributed by atoms with van der Waals surface area (Å²) in [7, 11) is 0. The Balaban J connectivity index is 0.977. The highest BCUT2D eigenvalue weighted by Gasteiger charge is 2.52. The SMILES string of the molecule is c1ccc(-c2ccc(-c3cc(-c4cccc(-c5ccc6c(c5)C5(c7ccccc7-6)c6ccc7ccccc7c6N(c6ccccc6)c6c5ccc5ccccc65)c4)nc(-c4ccccc4)n3)cc2)cc1. The van der Waals surface area contributed by atoms with Gasteiger partial charge in [0.2, 0.25) is 0 Å². The lowest BCUT2D eigenvalue weighted by Crippen LogP contribution is -2.36. The number of aromatic nitrogens is 2. The Hall–Kier alpha value is -9.18. The number of hydrogen-bond donors (Lipinski definition) is 0. The summed E-state index contributed by atoms with van der Waals surface area (Å²) in [4.78, 5) is 13.0. The minimum Gasteiger partial charge on any atom is -0.309 e. The second-order valence-corrected chi connectivity index (χ2v) is 18.4. The molecule has 2 heterocycles. The molecule has 1 aromatic heterocycles. The monoisotopic (exact) mass is 889 g/mol. The van der Waals surface area contributed by atoms with Gasteiger partial charge in [0.15, 0.2) is 5.82 Å². The molecule has 0 saturated heterocycles. The zero-order valence-electron chi connectivity index (χ0n) is 38.2. The van der Waals surface area contributed by atoms with E-state index < -0.39 is 5.41 Å². The number of anilines is 3. The minimum absolute atomic E-state index is 0.633. The summed E-state index contributed by atoms with van der Waals surface area (Å²) in [6.07, 6.45) is 0. The number of para-hydroxylation sites is 1. The molecule has 3 nitrogen and oxygen atoms in total. The molecule has 0 unspecified atom stereocenters. The predicted octanol–water partition coefficient (Wildman–Crippen LogP) is 17.3. The van der Waals surface area contributed by atoms with Crippen molar-refractivity contribution >= 4 is 38.6 Å². The molecular weight excluding hydrogens is 847 g/mol. The van der Waals surface area contributed by atoms with Crippen molar-refractivity contribution < 1.29 is 0 Å². The largest absolute Gasteiger partial charge is 0.309 e. The van der Waals surface area contributed by atoms with Gasteiger partial charge in [-0.2, -0.15) is 0 Å². The van der Waals surface area contributed by atoms with Gasteiger partial charge in [0.1, 0.15) is 0 Å². The van der Waals surface area contributed by atoms with Gasteiger partial charge in [0, 0.05) is 33.2 Å². The van der Waals surface area contributed by atoms with Gasteiger partial charge in [-0.1, -0.05) is 231 Å². The predicted molar refractivity (Wildman–Crippen MR) is 290 cm³/mol. The van der Waals surface area contributed by atoms with Crippen molar-refractivity contribution in [2.45, 2.75) is 5.41 Å². The van der Waals surface area contributed by atoms with Crippen LogP contribution in [0.25, 0.3) is 88.8 Å². The zero-order chi connectivity index (χ0) is 46.2. The highest BCUT2D eigenvalue weighted by molar-refractivity contribution is 6.12. The van der Waals surface area contributed by atoms with E-state index in [1.54, 1.807) is 0 Å². The van der Waals surface area contributed by atoms with Crippen LogP contribution in [0.15, 0.2) is 261 Å². The van der Waals surface area contributed by atoms with Crippen LogP contribution in [-0.2, 0) is 5.41 Å². The van der Waals surface area contributed by atoms with Crippen molar-refractivity contribution in [1.82, 2.24) is 9.97 Å². The third-order valence-electron chi connectivity index (χ3n) is 14.7. The van der Waals surface area contributed by atoms with Crippen LogP contribution in [0.5, 0.6) is 0 Å². The summed E-state index contributed by atoms with van der Waals surface area (Å²) in [5.41, 5.74) is 20.0. The van der Waals surface area contributed by atoms with Gasteiger partial charge in [0.25, 0.3) is 0 Å². The lowest BCUT2D eigenvalue weighted by atomic mass is 9.63. The Kier molecular flexibility index (Phi) is 9.11. The summed E-state index contributed by atoms with van der Waals surface area (Å²) in [5, 5.41) is 4.88. The quantitative estimate of drug-likeness (QED) is 0.167. The van der Waals surface area contributed by atoms with E-state index in [2.05, 4.69) is 248 Å². The molecule has 0 N–H and O–H groups in total. The van der Waals surface area contributed by atoms with Crippen molar-refractivity contribution in [3.05, 3.63) is 283 Å². The molecule has 0 radical (unpaired) electrons. The van der Waals surface area contributed by atoms with E-state index in [0.29, 0.717) is 5.82 Å². The van der Waals surface area contributed by atoms with Gasteiger partial charge in [0.05, 0.1) is 28.2 Å². The Morgan fingerprint density at radius 3 is 1.46 bits per heavy atom. The van der Waals surface area contributed by atoms with Crippen molar-refractivity contribution in [2.75, 3.05) is 4.90 Å². The maximum atomic E-state index is 5.27. The van der Waals surface area contributed by atoms with Gasteiger partial charge in [-0.25, -0.2) is 9.97 Å². The van der Waals surface area contributed by atoms with E-state index in [1.807, 2.05) is 18.2 Å². The number of benzene rings is 11. The van der Waals surface area contributed by atoms with Gasteiger partial charge in [-0.05, 0) is 96.7 Å². The first-order chi connectivity index (χ1) is 34.7. The van der Waals surface area contributed by atoms with Crippen molar-refractivity contribution in [1.29, 1.82) is 0 Å². The lowest BCUT2D eigenvalue weighted by Gasteiger charge is -2.46. The highest BCUT2D eigenvalue weighted by atomic mass is 15.2. The van der Waals surface area contributed by atoms with Crippen LogP contribution in [0.1, 0.15) is 22.3 Å². The Bertz CT molecular complexity index is 3910. The molecule has 326 valence electrons. The molecule has 0 fully saturated rings. The maximum absolute atomic E-state index is 5.27. The first-order valence-electron chi connectivity index (χ1n) is 24.1. The van der Waals surface area contributed by atoms with Gasteiger partial charge in [-0.15, -0.1) is 0 Å². The second-order valence-electron chi connectivity index (χ2n) is 18.4. The first-order valence-corrected chi connectivity index (χ1v) is 24.1. The average molecular weight is 890 g/mol. The van der Waals surface area contributed by atoms with Crippen LogP contribution in [0.3, 0.4) is 0 Å². The van der Waals surface area contributed by atoms with Crippen molar-refractivity contribution in [2.24, 2.45) is 0 Å². The molecule has 0 atom stereocenters. The van der Waals surface area contributed by atoms with Crippen LogP contribution in [0.2, 0.25) is 0 Å². The molecule has 12 aromatic rings. The number of hydrogen-bond acceptors (Lipinski definition) is 3. The van der Waals surface area contributed by atoms with Crippen molar-refractivity contribution in [3.63, 3.8) is 0 Å².